The first-order valence-corrected chi connectivity index (χ1v) is 6.28. The Morgan fingerprint density at radius 3 is 2.35 bits per heavy atom. The van der Waals surface area contributed by atoms with Gasteiger partial charge in [0.15, 0.2) is 5.78 Å². The summed E-state index contributed by atoms with van der Waals surface area (Å²) in [6, 6.07) is 12.8. The zero-order valence-corrected chi connectivity index (χ0v) is 11.1. The van der Waals surface area contributed by atoms with Crippen molar-refractivity contribution in [3.05, 3.63) is 59.9 Å². The molecule has 0 bridgehead atoms. The molecule has 0 aliphatic carbocycles. The highest BCUT2D eigenvalue weighted by Crippen LogP contribution is 2.18. The second kappa shape index (κ2) is 6.70. The van der Waals surface area contributed by atoms with E-state index in [1.807, 2.05) is 6.07 Å². The molecule has 20 heavy (non-hydrogen) atoms. The van der Waals surface area contributed by atoms with Gasteiger partial charge in [-0.05, 0) is 43.3 Å². The highest BCUT2D eigenvalue weighted by Gasteiger charge is 2.06. The number of hydrogen-bond acceptors (Lipinski definition) is 3. The Morgan fingerprint density at radius 1 is 1.00 bits per heavy atom. The van der Waals surface area contributed by atoms with Crippen LogP contribution in [0, 0.1) is 5.82 Å². The highest BCUT2D eigenvalue weighted by atomic mass is 19.1. The summed E-state index contributed by atoms with van der Waals surface area (Å²) in [6.45, 7) is 2.12. The van der Waals surface area contributed by atoms with Crippen molar-refractivity contribution in [2.45, 2.75) is 6.92 Å². The van der Waals surface area contributed by atoms with E-state index in [1.54, 1.807) is 30.3 Å². The van der Waals surface area contributed by atoms with Gasteiger partial charge < -0.3 is 9.47 Å². The van der Waals surface area contributed by atoms with Crippen LogP contribution >= 0.6 is 0 Å². The van der Waals surface area contributed by atoms with E-state index in [-0.39, 0.29) is 11.6 Å². The smallest absolute Gasteiger partial charge is 0.163 e. The molecule has 3 nitrogen and oxygen atoms in total. The number of ketones is 1. The van der Waals surface area contributed by atoms with Gasteiger partial charge in [-0.1, -0.05) is 12.1 Å². The minimum Gasteiger partial charge on any atom is -0.490 e. The van der Waals surface area contributed by atoms with Gasteiger partial charge in [-0.25, -0.2) is 4.39 Å². The number of Topliss-reactive ketones (excluding diaryl/α,β-unsaturated/α-hetero) is 1. The fourth-order valence-corrected chi connectivity index (χ4v) is 1.73. The molecule has 2 aromatic rings. The Hall–Kier alpha value is -2.36. The number of benzene rings is 2. The summed E-state index contributed by atoms with van der Waals surface area (Å²) >= 11 is 0. The molecule has 0 saturated carbocycles. The van der Waals surface area contributed by atoms with Gasteiger partial charge in [0.25, 0.3) is 0 Å². The van der Waals surface area contributed by atoms with Crippen molar-refractivity contribution in [1.82, 2.24) is 0 Å². The Morgan fingerprint density at radius 2 is 1.65 bits per heavy atom. The van der Waals surface area contributed by atoms with Crippen molar-refractivity contribution in [2.75, 3.05) is 13.2 Å². The molecule has 2 aromatic carbocycles. The molecule has 0 amide bonds. The Labute approximate surface area is 117 Å². The maximum atomic E-state index is 12.7. The first-order valence-electron chi connectivity index (χ1n) is 6.28. The predicted molar refractivity (Wildman–Crippen MR) is 73.8 cm³/mol. The molecule has 4 heteroatoms. The summed E-state index contributed by atoms with van der Waals surface area (Å²) in [5.74, 6) is 0.779. The molecule has 0 aromatic heterocycles. The number of para-hydroxylation sites is 1. The van der Waals surface area contributed by atoms with E-state index in [2.05, 4.69) is 0 Å². The Bertz CT molecular complexity index is 579. The van der Waals surface area contributed by atoms with Crippen LogP contribution in [-0.4, -0.2) is 19.0 Å². The molecule has 0 unspecified atom stereocenters. The summed E-state index contributed by atoms with van der Waals surface area (Å²) in [7, 11) is 0. The number of hydrogen-bond donors (Lipinski definition) is 0. The van der Waals surface area contributed by atoms with E-state index in [1.165, 1.54) is 19.1 Å². The summed E-state index contributed by atoms with van der Waals surface area (Å²) in [5, 5.41) is 0. The van der Waals surface area contributed by atoms with Crippen LogP contribution in [0.5, 0.6) is 11.5 Å². The molecular formula is C16H15FO3. The third-order valence-electron chi connectivity index (χ3n) is 2.69. The third-order valence-corrected chi connectivity index (χ3v) is 2.69. The molecule has 0 atom stereocenters. The van der Waals surface area contributed by atoms with Crippen LogP contribution in [-0.2, 0) is 0 Å². The van der Waals surface area contributed by atoms with Gasteiger partial charge in [-0.15, -0.1) is 0 Å². The average molecular weight is 274 g/mol. The average Bonchev–Trinajstić information content (AvgIpc) is 2.46. The number of ether oxygens (including phenoxy) is 2. The minimum absolute atomic E-state index is 0.0416. The maximum absolute atomic E-state index is 12.7. The van der Waals surface area contributed by atoms with E-state index in [4.69, 9.17) is 9.47 Å². The fraction of sp³-hybridized carbons (Fsp3) is 0.188. The van der Waals surface area contributed by atoms with Gasteiger partial charge in [-0.2, -0.15) is 0 Å². The minimum atomic E-state index is -0.302. The normalized spacial score (nSPS) is 10.1. The van der Waals surface area contributed by atoms with E-state index in [0.717, 1.165) is 0 Å². The molecule has 0 aliphatic heterocycles. The first-order chi connectivity index (χ1) is 9.66. The zero-order valence-electron chi connectivity index (χ0n) is 11.1. The maximum Gasteiger partial charge on any atom is 0.163 e. The SMILES string of the molecule is CC(=O)c1ccccc1OCCOc1ccc(F)cc1. The third kappa shape index (κ3) is 3.82. The van der Waals surface area contributed by atoms with Crippen LogP contribution in [0.25, 0.3) is 0 Å². The first kappa shape index (κ1) is 14.1. The molecule has 0 N–H and O–H groups in total. The summed E-state index contributed by atoms with van der Waals surface area (Å²) in [6.07, 6.45) is 0. The fourth-order valence-electron chi connectivity index (χ4n) is 1.73. The van der Waals surface area contributed by atoms with E-state index >= 15 is 0 Å². The van der Waals surface area contributed by atoms with Gasteiger partial charge >= 0.3 is 0 Å². The number of halogens is 1. The highest BCUT2D eigenvalue weighted by molar-refractivity contribution is 5.96. The topological polar surface area (TPSA) is 35.5 Å². The van der Waals surface area contributed by atoms with Gasteiger partial charge in [-0.3, -0.25) is 4.79 Å². The lowest BCUT2D eigenvalue weighted by Crippen LogP contribution is -2.10. The Balaban J connectivity index is 1.84. The van der Waals surface area contributed by atoms with Crippen LogP contribution in [0.3, 0.4) is 0 Å². The van der Waals surface area contributed by atoms with Gasteiger partial charge in [0, 0.05) is 0 Å². The predicted octanol–water partition coefficient (Wildman–Crippen LogP) is 3.49. The molecule has 0 heterocycles. The zero-order chi connectivity index (χ0) is 14.4. The summed E-state index contributed by atoms with van der Waals surface area (Å²) < 4.78 is 23.6. The van der Waals surface area contributed by atoms with Crippen molar-refractivity contribution in [1.29, 1.82) is 0 Å². The van der Waals surface area contributed by atoms with Crippen LogP contribution < -0.4 is 9.47 Å². The Kier molecular flexibility index (Phi) is 4.71. The molecule has 0 saturated heterocycles. The number of carbonyl (C=O) groups is 1. The lowest BCUT2D eigenvalue weighted by Gasteiger charge is -2.10. The van der Waals surface area contributed by atoms with Crippen molar-refractivity contribution in [3.63, 3.8) is 0 Å². The lowest BCUT2D eigenvalue weighted by molar-refractivity contribution is 0.101. The van der Waals surface area contributed by atoms with E-state index in [0.29, 0.717) is 30.3 Å². The molecule has 0 spiro atoms. The quantitative estimate of drug-likeness (QED) is 0.597. The van der Waals surface area contributed by atoms with Crippen molar-refractivity contribution in [3.8, 4) is 11.5 Å². The monoisotopic (exact) mass is 274 g/mol. The largest absolute Gasteiger partial charge is 0.490 e. The molecule has 0 radical (unpaired) electrons. The standard InChI is InChI=1S/C16H15FO3/c1-12(18)15-4-2-3-5-16(15)20-11-10-19-14-8-6-13(17)7-9-14/h2-9H,10-11H2,1H3. The second-order valence-electron chi connectivity index (χ2n) is 4.20. The molecule has 0 aliphatic rings. The van der Waals surface area contributed by atoms with Crippen molar-refractivity contribution in [2.24, 2.45) is 0 Å². The van der Waals surface area contributed by atoms with Crippen LogP contribution in [0.1, 0.15) is 17.3 Å². The van der Waals surface area contributed by atoms with E-state index in [9.17, 15) is 9.18 Å². The molecule has 104 valence electrons. The number of carbonyl (C=O) groups excluding carboxylic acids is 1. The number of rotatable bonds is 6. The molecular weight excluding hydrogens is 259 g/mol. The second-order valence-corrected chi connectivity index (χ2v) is 4.20. The summed E-state index contributed by atoms with van der Waals surface area (Å²) in [5.41, 5.74) is 0.550. The van der Waals surface area contributed by atoms with Gasteiger partial charge in [0.1, 0.15) is 30.5 Å². The van der Waals surface area contributed by atoms with Crippen molar-refractivity contribution < 1.29 is 18.7 Å². The van der Waals surface area contributed by atoms with Crippen LogP contribution in [0.2, 0.25) is 0 Å². The van der Waals surface area contributed by atoms with Gasteiger partial charge in [0.05, 0.1) is 5.56 Å². The van der Waals surface area contributed by atoms with E-state index < -0.39 is 0 Å². The van der Waals surface area contributed by atoms with Gasteiger partial charge in [0.2, 0.25) is 0 Å². The molecule has 0 fully saturated rings. The van der Waals surface area contributed by atoms with Crippen molar-refractivity contribution >= 4 is 5.78 Å². The van der Waals surface area contributed by atoms with Crippen LogP contribution in [0.4, 0.5) is 4.39 Å². The van der Waals surface area contributed by atoms with Crippen LogP contribution in [0.15, 0.2) is 48.5 Å². The molecule has 2 rings (SSSR count). The summed E-state index contributed by atoms with van der Waals surface area (Å²) in [4.78, 5) is 11.4. The lowest BCUT2D eigenvalue weighted by atomic mass is 10.1.